The van der Waals surface area contributed by atoms with Crippen molar-refractivity contribution in [2.75, 3.05) is 6.26 Å². The van der Waals surface area contributed by atoms with Gasteiger partial charge in [-0.1, -0.05) is 0 Å². The van der Waals surface area contributed by atoms with Crippen LogP contribution in [-0.4, -0.2) is 34.3 Å². The van der Waals surface area contributed by atoms with Crippen LogP contribution in [0.3, 0.4) is 0 Å². The molecule has 0 aliphatic carbocycles. The van der Waals surface area contributed by atoms with Gasteiger partial charge < -0.3 is 0 Å². The molecule has 0 bridgehead atoms. The fourth-order valence-corrected chi connectivity index (χ4v) is 1.30. The van der Waals surface area contributed by atoms with Crippen molar-refractivity contribution in [3.05, 3.63) is 18.6 Å². The molecule has 0 N–H and O–H groups in total. The molecule has 1 radical (unpaired) electrons. The van der Waals surface area contributed by atoms with E-state index in [0.29, 0.717) is 5.65 Å². The van der Waals surface area contributed by atoms with Crippen LogP contribution in [0.15, 0.2) is 17.4 Å². The Hall–Kier alpha value is -1.50. The molecule has 6 nitrogen and oxygen atoms in total. The van der Waals surface area contributed by atoms with E-state index in [1.54, 1.807) is 6.07 Å². The van der Waals surface area contributed by atoms with Crippen LogP contribution in [0, 0.1) is 6.33 Å². The summed E-state index contributed by atoms with van der Waals surface area (Å²) >= 11 is 0. The van der Waals surface area contributed by atoms with Gasteiger partial charge in [-0.15, -0.1) is 0 Å². The van der Waals surface area contributed by atoms with Gasteiger partial charge in [0.15, 0.2) is 5.65 Å². The third-order valence-electron chi connectivity index (χ3n) is 1.40. The predicted octanol–water partition coefficient (Wildman–Crippen LogP) is -0.672. The molecular weight excluding hydrogens is 192 g/mol. The lowest BCUT2D eigenvalue weighted by atomic mass is 10.7. The molecule has 0 aliphatic rings. The van der Waals surface area contributed by atoms with Gasteiger partial charge in [0.05, 0.1) is 6.20 Å². The van der Waals surface area contributed by atoms with Crippen molar-refractivity contribution in [2.45, 2.75) is 5.16 Å². The predicted molar refractivity (Wildman–Crippen MR) is 42.7 cm³/mol. The van der Waals surface area contributed by atoms with Crippen LogP contribution in [0.2, 0.25) is 0 Å². The third-order valence-corrected chi connectivity index (χ3v) is 2.25. The van der Waals surface area contributed by atoms with Crippen molar-refractivity contribution in [1.29, 1.82) is 0 Å². The summed E-state index contributed by atoms with van der Waals surface area (Å²) in [5, 5.41) is 3.55. The maximum Gasteiger partial charge on any atom is 0.250 e. The van der Waals surface area contributed by atoms with Gasteiger partial charge in [0.25, 0.3) is 5.16 Å². The van der Waals surface area contributed by atoms with E-state index in [4.69, 9.17) is 0 Å². The zero-order valence-corrected chi connectivity index (χ0v) is 7.48. The maximum absolute atomic E-state index is 11.0. The Morgan fingerprint density at radius 2 is 2.31 bits per heavy atom. The van der Waals surface area contributed by atoms with E-state index in [1.165, 1.54) is 10.7 Å². The van der Waals surface area contributed by atoms with Crippen molar-refractivity contribution in [2.24, 2.45) is 0 Å². The average molecular weight is 197 g/mol. The van der Waals surface area contributed by atoms with Crippen molar-refractivity contribution in [3.8, 4) is 0 Å². The second-order valence-corrected chi connectivity index (χ2v) is 4.39. The molecule has 2 heterocycles. The van der Waals surface area contributed by atoms with Crippen molar-refractivity contribution >= 4 is 15.5 Å². The number of hydrogen-bond donors (Lipinski definition) is 0. The molecule has 0 aromatic carbocycles. The van der Waals surface area contributed by atoms with Gasteiger partial charge in [0.2, 0.25) is 16.2 Å². The molecule has 2 rings (SSSR count). The van der Waals surface area contributed by atoms with Crippen LogP contribution < -0.4 is 0 Å². The van der Waals surface area contributed by atoms with Crippen LogP contribution in [0.5, 0.6) is 0 Å². The summed E-state index contributed by atoms with van der Waals surface area (Å²) in [5.41, 5.74) is 0.412. The van der Waals surface area contributed by atoms with E-state index >= 15 is 0 Å². The quantitative estimate of drug-likeness (QED) is 0.605. The second-order valence-electron chi connectivity index (χ2n) is 2.48. The third kappa shape index (κ3) is 1.37. The largest absolute Gasteiger partial charge is 0.250 e. The minimum Gasteiger partial charge on any atom is -0.221 e. The smallest absolute Gasteiger partial charge is 0.221 e. The first-order valence-electron chi connectivity index (χ1n) is 3.37. The Morgan fingerprint density at radius 1 is 1.54 bits per heavy atom. The fraction of sp³-hybridized carbons (Fsp3) is 0.167. The topological polar surface area (TPSA) is 77.2 Å². The van der Waals surface area contributed by atoms with Gasteiger partial charge in [-0.05, 0) is 0 Å². The van der Waals surface area contributed by atoms with Gasteiger partial charge in [0.1, 0.15) is 0 Å². The molecule has 2 aromatic heterocycles. The number of rotatable bonds is 1. The van der Waals surface area contributed by atoms with Gasteiger partial charge in [0, 0.05) is 12.3 Å². The van der Waals surface area contributed by atoms with E-state index in [2.05, 4.69) is 21.4 Å². The van der Waals surface area contributed by atoms with Gasteiger partial charge in [-0.25, -0.2) is 8.42 Å². The molecule has 0 amide bonds. The van der Waals surface area contributed by atoms with Crippen LogP contribution in [0.1, 0.15) is 0 Å². The van der Waals surface area contributed by atoms with Gasteiger partial charge in [-0.3, -0.25) is 0 Å². The minimum absolute atomic E-state index is 0.236. The number of aromatic nitrogens is 4. The van der Waals surface area contributed by atoms with Crippen LogP contribution in [-0.2, 0) is 9.84 Å². The molecule has 7 heteroatoms. The van der Waals surface area contributed by atoms with E-state index < -0.39 is 9.84 Å². The van der Waals surface area contributed by atoms with Crippen molar-refractivity contribution in [3.63, 3.8) is 0 Å². The Labute approximate surface area is 74.2 Å². The van der Waals surface area contributed by atoms with Crippen molar-refractivity contribution in [1.82, 2.24) is 19.6 Å². The van der Waals surface area contributed by atoms with E-state index in [9.17, 15) is 8.42 Å². The van der Waals surface area contributed by atoms with Crippen LogP contribution in [0.4, 0.5) is 0 Å². The summed E-state index contributed by atoms with van der Waals surface area (Å²) in [4.78, 5) is 7.30. The zero-order valence-electron chi connectivity index (χ0n) is 6.67. The highest BCUT2D eigenvalue weighted by Crippen LogP contribution is 2.02. The molecule has 0 saturated carbocycles. The lowest BCUT2D eigenvalue weighted by Gasteiger charge is -1.94. The highest BCUT2D eigenvalue weighted by atomic mass is 32.2. The average Bonchev–Trinajstić information content (AvgIpc) is 2.47. The SMILES string of the molecule is CS(=O)(=O)c1n[c]n2nccc2n1. The first-order chi connectivity index (χ1) is 6.07. The highest BCUT2D eigenvalue weighted by molar-refractivity contribution is 7.90. The molecule has 0 spiro atoms. The number of fused-ring (bicyclic) bond motifs is 1. The summed E-state index contributed by atoms with van der Waals surface area (Å²) in [6.07, 6.45) is 4.96. The van der Waals surface area contributed by atoms with Gasteiger partial charge >= 0.3 is 0 Å². The van der Waals surface area contributed by atoms with E-state index in [-0.39, 0.29) is 5.16 Å². The van der Waals surface area contributed by atoms with Crippen molar-refractivity contribution < 1.29 is 8.42 Å². The summed E-state index contributed by atoms with van der Waals surface area (Å²) in [6, 6.07) is 1.58. The standard InChI is InChI=1S/C6H5N4O2S/c1-13(11,12)6-7-4-10-5(9-6)2-3-8-10/h2-3H,1H3. The molecule has 0 fully saturated rings. The molecule has 13 heavy (non-hydrogen) atoms. The lowest BCUT2D eigenvalue weighted by molar-refractivity contribution is 0.591. The van der Waals surface area contributed by atoms with Crippen LogP contribution in [0.25, 0.3) is 5.65 Å². The summed E-state index contributed by atoms with van der Waals surface area (Å²) in [5.74, 6) is 0. The van der Waals surface area contributed by atoms with E-state index in [0.717, 1.165) is 6.26 Å². The molecule has 0 saturated heterocycles. The maximum atomic E-state index is 11.0. The number of sulfone groups is 1. The molecular formula is C6H5N4O2S. The Morgan fingerprint density at radius 3 is 3.00 bits per heavy atom. The Kier molecular flexibility index (Phi) is 1.56. The fourth-order valence-electron chi connectivity index (χ4n) is 0.837. The first-order valence-corrected chi connectivity index (χ1v) is 5.26. The molecule has 67 valence electrons. The first kappa shape index (κ1) is 8.11. The van der Waals surface area contributed by atoms with E-state index in [1.807, 2.05) is 0 Å². The molecule has 0 unspecified atom stereocenters. The second kappa shape index (κ2) is 2.49. The number of hydrogen-bond acceptors (Lipinski definition) is 5. The number of nitrogens with zero attached hydrogens (tertiary/aromatic N) is 4. The molecule has 0 aliphatic heterocycles. The lowest BCUT2D eigenvalue weighted by Crippen LogP contribution is -2.06. The monoisotopic (exact) mass is 197 g/mol. The minimum atomic E-state index is -3.37. The van der Waals surface area contributed by atoms with Crippen LogP contribution >= 0.6 is 0 Å². The Balaban J connectivity index is 2.75. The molecule has 2 aromatic rings. The summed E-state index contributed by atoms with van der Waals surface area (Å²) in [7, 11) is -3.37. The zero-order chi connectivity index (χ0) is 9.47. The summed E-state index contributed by atoms with van der Waals surface area (Å²) in [6.45, 7) is 0. The molecule has 0 atom stereocenters. The summed E-state index contributed by atoms with van der Waals surface area (Å²) < 4.78 is 23.3. The normalized spacial score (nSPS) is 12.1. The van der Waals surface area contributed by atoms with Gasteiger partial charge in [-0.2, -0.15) is 19.6 Å². The Bertz CT molecular complexity index is 545. The highest BCUT2D eigenvalue weighted by Gasteiger charge is 2.11.